The van der Waals surface area contributed by atoms with Crippen LogP contribution in [0.1, 0.15) is 46.1 Å². The van der Waals surface area contributed by atoms with Crippen molar-refractivity contribution in [3.8, 4) is 17.9 Å². The molecule has 1 aliphatic heterocycles. The molecule has 33 heavy (non-hydrogen) atoms. The molecule has 1 amide bonds. The van der Waals surface area contributed by atoms with Crippen LogP contribution in [-0.4, -0.2) is 44.5 Å². The molecule has 2 aromatic rings. The average Bonchev–Trinajstić information content (AvgIpc) is 3.07. The van der Waals surface area contributed by atoms with Crippen LogP contribution < -0.4 is 21.5 Å². The molecule has 0 saturated carbocycles. The van der Waals surface area contributed by atoms with Crippen molar-refractivity contribution in [3.63, 3.8) is 0 Å². The van der Waals surface area contributed by atoms with Gasteiger partial charge in [-0.3, -0.25) is 13.9 Å². The van der Waals surface area contributed by atoms with Gasteiger partial charge in [-0.1, -0.05) is 5.92 Å². The van der Waals surface area contributed by atoms with Crippen LogP contribution in [-0.2, 0) is 25.4 Å². The lowest BCUT2D eigenvalue weighted by Gasteiger charge is -2.35. The zero-order chi connectivity index (χ0) is 24.5. The van der Waals surface area contributed by atoms with Gasteiger partial charge >= 0.3 is 11.8 Å². The molecule has 0 bridgehead atoms. The number of nitriles is 1. The van der Waals surface area contributed by atoms with E-state index in [4.69, 9.17) is 4.74 Å². The van der Waals surface area contributed by atoms with Crippen molar-refractivity contribution in [3.05, 3.63) is 26.4 Å². The lowest BCUT2D eigenvalue weighted by atomic mass is 10.1. The van der Waals surface area contributed by atoms with E-state index in [9.17, 15) is 19.6 Å². The van der Waals surface area contributed by atoms with Crippen LogP contribution in [0.5, 0.6) is 0 Å². The number of hydrogen-bond donors (Lipinski definition) is 1. The van der Waals surface area contributed by atoms with Crippen LogP contribution >= 0.6 is 0 Å². The molecule has 176 valence electrons. The Labute approximate surface area is 192 Å². The minimum atomic E-state index is -0.609. The summed E-state index contributed by atoms with van der Waals surface area (Å²) in [6, 6.07) is 2.00. The van der Waals surface area contributed by atoms with Gasteiger partial charge in [0.05, 0.1) is 12.1 Å². The van der Waals surface area contributed by atoms with Crippen molar-refractivity contribution < 1.29 is 9.53 Å². The van der Waals surface area contributed by atoms with Crippen molar-refractivity contribution in [1.82, 2.24) is 19.0 Å². The number of alkyl carbamates (subject to hydrolysis) is 1. The number of rotatable bonds is 3. The number of carbonyl (C=O) groups excluding carboxylic acids is 1. The number of nitrogens with zero attached hydrogens (tertiary/aromatic N) is 5. The largest absolute Gasteiger partial charge is 0.444 e. The highest BCUT2D eigenvalue weighted by molar-refractivity contribution is 5.90. The number of piperidine rings is 1. The van der Waals surface area contributed by atoms with Crippen LogP contribution in [0.2, 0.25) is 0 Å². The standard InChI is InChI=1S/C23H30N6O4/c1-7-8-12-29-18-17(26(5)22(32)27(6)20(18)30)16(13-24)19(29)28-11-9-10-15(14-28)25-21(31)33-23(2,3)4/h15H,9-12,14H2,1-6H3,(H,25,31)/t15-/m0/s1. The third-order valence-corrected chi connectivity index (χ3v) is 5.59. The summed E-state index contributed by atoms with van der Waals surface area (Å²) in [7, 11) is 2.97. The highest BCUT2D eigenvalue weighted by atomic mass is 16.6. The first-order valence-electron chi connectivity index (χ1n) is 10.9. The third kappa shape index (κ3) is 4.61. The summed E-state index contributed by atoms with van der Waals surface area (Å²) < 4.78 is 9.46. The molecule has 0 unspecified atom stereocenters. The van der Waals surface area contributed by atoms with Crippen molar-refractivity contribution >= 4 is 22.9 Å². The highest BCUT2D eigenvalue weighted by Gasteiger charge is 2.31. The Hall–Kier alpha value is -3.66. The van der Waals surface area contributed by atoms with E-state index in [1.165, 1.54) is 11.6 Å². The smallest absolute Gasteiger partial charge is 0.407 e. The first kappa shape index (κ1) is 24.0. The third-order valence-electron chi connectivity index (χ3n) is 5.59. The van der Waals surface area contributed by atoms with Crippen molar-refractivity contribution in [2.45, 2.75) is 58.7 Å². The van der Waals surface area contributed by atoms with Gasteiger partial charge in [0.25, 0.3) is 5.56 Å². The van der Waals surface area contributed by atoms with Crippen LogP contribution in [0.3, 0.4) is 0 Å². The van der Waals surface area contributed by atoms with E-state index in [2.05, 4.69) is 23.2 Å². The van der Waals surface area contributed by atoms with Gasteiger partial charge in [0.1, 0.15) is 28.6 Å². The topological polar surface area (TPSA) is 114 Å². The molecule has 10 heteroatoms. The number of nitrogens with one attached hydrogen (secondary N) is 1. The van der Waals surface area contributed by atoms with Crippen molar-refractivity contribution in [2.24, 2.45) is 14.1 Å². The monoisotopic (exact) mass is 454 g/mol. The fourth-order valence-corrected chi connectivity index (χ4v) is 4.21. The number of anilines is 1. The number of amides is 1. The van der Waals surface area contributed by atoms with Gasteiger partial charge in [0.2, 0.25) is 0 Å². The fourth-order valence-electron chi connectivity index (χ4n) is 4.21. The van der Waals surface area contributed by atoms with E-state index >= 15 is 0 Å². The van der Waals surface area contributed by atoms with Crippen LogP contribution in [0.15, 0.2) is 9.59 Å². The van der Waals surface area contributed by atoms with Crippen LogP contribution in [0.25, 0.3) is 11.0 Å². The van der Waals surface area contributed by atoms with Crippen molar-refractivity contribution in [2.75, 3.05) is 18.0 Å². The Kier molecular flexibility index (Phi) is 6.59. The van der Waals surface area contributed by atoms with E-state index in [-0.39, 0.29) is 23.7 Å². The first-order chi connectivity index (χ1) is 15.5. The summed E-state index contributed by atoms with van der Waals surface area (Å²) in [6.45, 7) is 8.36. The number of aromatic nitrogens is 3. The molecule has 2 aromatic heterocycles. The van der Waals surface area contributed by atoms with Gasteiger partial charge in [-0.05, 0) is 40.5 Å². The second-order valence-corrected chi connectivity index (χ2v) is 9.16. The fraction of sp³-hybridized carbons (Fsp3) is 0.565. The molecule has 3 rings (SSSR count). The van der Waals surface area contributed by atoms with Crippen LogP contribution in [0, 0.1) is 23.2 Å². The minimum Gasteiger partial charge on any atom is -0.444 e. The highest BCUT2D eigenvalue weighted by Crippen LogP contribution is 2.32. The van der Waals surface area contributed by atoms with Gasteiger partial charge in [-0.25, -0.2) is 9.59 Å². The molecule has 1 saturated heterocycles. The maximum absolute atomic E-state index is 13.1. The number of carbonyl (C=O) groups is 1. The average molecular weight is 455 g/mol. The second-order valence-electron chi connectivity index (χ2n) is 9.16. The molecule has 1 N–H and O–H groups in total. The zero-order valence-corrected chi connectivity index (χ0v) is 20.0. The molecule has 0 aromatic carbocycles. The molecule has 1 fully saturated rings. The Morgan fingerprint density at radius 2 is 1.91 bits per heavy atom. The molecule has 10 nitrogen and oxygen atoms in total. The van der Waals surface area contributed by atoms with E-state index in [1.807, 2.05) is 4.90 Å². The SMILES string of the molecule is CC#CCn1c(N2CCC[C@H](NC(=O)OC(C)(C)C)C2)c(C#N)c2c1c(=O)n(C)c(=O)n2C. The molecule has 1 aliphatic rings. The van der Waals surface area contributed by atoms with E-state index in [0.717, 1.165) is 17.4 Å². The lowest BCUT2D eigenvalue weighted by Crippen LogP contribution is -2.49. The quantitative estimate of drug-likeness (QED) is 0.702. The van der Waals surface area contributed by atoms with Gasteiger partial charge in [-0.2, -0.15) is 5.26 Å². The zero-order valence-electron chi connectivity index (χ0n) is 20.0. The number of aryl methyl sites for hydroxylation is 1. The molecule has 0 spiro atoms. The molecule has 1 atom stereocenters. The summed E-state index contributed by atoms with van der Waals surface area (Å²) in [6.07, 6.45) is 1.03. The van der Waals surface area contributed by atoms with Crippen molar-refractivity contribution in [1.29, 1.82) is 5.26 Å². The van der Waals surface area contributed by atoms with E-state index < -0.39 is 22.9 Å². The Morgan fingerprint density at radius 1 is 1.21 bits per heavy atom. The van der Waals surface area contributed by atoms with E-state index in [1.54, 1.807) is 39.3 Å². The Bertz CT molecular complexity index is 1310. The minimum absolute atomic E-state index is 0.193. The van der Waals surface area contributed by atoms with Gasteiger partial charge < -0.3 is 19.5 Å². The first-order valence-corrected chi connectivity index (χ1v) is 10.9. The summed E-state index contributed by atoms with van der Waals surface area (Å²) >= 11 is 0. The molecule has 3 heterocycles. The number of fused-ring (bicyclic) bond motifs is 1. The molecule has 0 aliphatic carbocycles. The maximum atomic E-state index is 13.1. The summed E-state index contributed by atoms with van der Waals surface area (Å²) in [5.74, 6) is 6.34. The predicted octanol–water partition coefficient (Wildman–Crippen LogP) is 1.43. The lowest BCUT2D eigenvalue weighted by molar-refractivity contribution is 0.0500. The van der Waals surface area contributed by atoms with Gasteiger partial charge in [0, 0.05) is 33.2 Å². The maximum Gasteiger partial charge on any atom is 0.407 e. The number of ether oxygens (including phenoxy) is 1. The molecular formula is C23H30N6O4. The Morgan fingerprint density at radius 3 is 2.52 bits per heavy atom. The van der Waals surface area contributed by atoms with Gasteiger partial charge in [0.15, 0.2) is 0 Å². The second kappa shape index (κ2) is 9.07. The Balaban J connectivity index is 2.12. The summed E-state index contributed by atoms with van der Waals surface area (Å²) in [4.78, 5) is 39.9. The molecular weight excluding hydrogens is 424 g/mol. The van der Waals surface area contributed by atoms with Gasteiger partial charge in [-0.15, -0.1) is 5.92 Å². The predicted molar refractivity (Wildman–Crippen MR) is 125 cm³/mol. The normalized spacial score (nSPS) is 16.2. The van der Waals surface area contributed by atoms with E-state index in [0.29, 0.717) is 24.4 Å². The number of hydrogen-bond acceptors (Lipinski definition) is 6. The molecule has 0 radical (unpaired) electrons. The summed E-state index contributed by atoms with van der Waals surface area (Å²) in [5.41, 5.74) is -0.788. The van der Waals surface area contributed by atoms with Crippen LogP contribution in [0.4, 0.5) is 10.6 Å². The summed E-state index contributed by atoms with van der Waals surface area (Å²) in [5, 5.41) is 13.0.